The van der Waals surface area contributed by atoms with Crippen molar-refractivity contribution in [3.63, 3.8) is 0 Å². The molecule has 0 aromatic rings. The van der Waals surface area contributed by atoms with Gasteiger partial charge in [-0.05, 0) is 53.9 Å². The maximum absolute atomic E-state index is 12.4. The minimum atomic E-state index is -0.515. The number of nitrogens with zero attached hydrogens (tertiary/aromatic N) is 2. The second-order valence-electron chi connectivity index (χ2n) is 6.99. The average molecular weight is 313 g/mol. The van der Waals surface area contributed by atoms with Crippen LogP contribution in [0.5, 0.6) is 0 Å². The van der Waals surface area contributed by atoms with E-state index in [1.54, 1.807) is 16.7 Å². The minimum Gasteiger partial charge on any atom is -0.444 e. The number of amides is 2. The summed E-state index contributed by atoms with van der Waals surface area (Å²) in [7, 11) is 0. The SMILES string of the molecule is CCN(C[C@H]1CCCCN1C(=O)OC(C)(C)C)C(=O)[C@H](C)N. The summed E-state index contributed by atoms with van der Waals surface area (Å²) >= 11 is 0. The molecule has 1 heterocycles. The first-order chi connectivity index (χ1) is 10.2. The van der Waals surface area contributed by atoms with Crippen LogP contribution in [0.1, 0.15) is 53.9 Å². The molecule has 0 aliphatic carbocycles. The van der Waals surface area contributed by atoms with E-state index in [9.17, 15) is 9.59 Å². The summed E-state index contributed by atoms with van der Waals surface area (Å²) in [5.74, 6) is -0.0720. The number of likely N-dealkylation sites (N-methyl/N-ethyl adjacent to an activating group) is 1. The van der Waals surface area contributed by atoms with Gasteiger partial charge in [0.05, 0.1) is 12.1 Å². The Morgan fingerprint density at radius 2 is 2.00 bits per heavy atom. The summed E-state index contributed by atoms with van der Waals surface area (Å²) < 4.78 is 5.49. The van der Waals surface area contributed by atoms with Gasteiger partial charge < -0.3 is 20.3 Å². The molecule has 2 amide bonds. The molecule has 6 nitrogen and oxygen atoms in total. The Kier molecular flexibility index (Phi) is 6.66. The molecule has 0 aromatic carbocycles. The first-order valence-corrected chi connectivity index (χ1v) is 8.19. The summed E-state index contributed by atoms with van der Waals surface area (Å²) in [5.41, 5.74) is 5.19. The van der Waals surface area contributed by atoms with Crippen LogP contribution in [-0.4, -0.2) is 59.1 Å². The van der Waals surface area contributed by atoms with Crippen molar-refractivity contribution in [2.75, 3.05) is 19.6 Å². The number of hydrogen-bond acceptors (Lipinski definition) is 4. The lowest BCUT2D eigenvalue weighted by Gasteiger charge is -2.39. The Morgan fingerprint density at radius 3 is 2.50 bits per heavy atom. The zero-order chi connectivity index (χ0) is 16.9. The molecule has 1 aliphatic heterocycles. The van der Waals surface area contributed by atoms with E-state index in [-0.39, 0.29) is 18.0 Å². The molecule has 0 saturated carbocycles. The van der Waals surface area contributed by atoms with Crippen LogP contribution in [0.4, 0.5) is 4.79 Å². The van der Waals surface area contributed by atoms with Crippen LogP contribution < -0.4 is 5.73 Å². The number of carbonyl (C=O) groups excluding carboxylic acids is 2. The smallest absolute Gasteiger partial charge is 0.410 e. The van der Waals surface area contributed by atoms with Gasteiger partial charge in [-0.3, -0.25) is 4.79 Å². The van der Waals surface area contributed by atoms with Gasteiger partial charge in [-0.2, -0.15) is 0 Å². The van der Waals surface area contributed by atoms with Crippen LogP contribution in [0.25, 0.3) is 0 Å². The summed E-state index contributed by atoms with van der Waals surface area (Å²) in [4.78, 5) is 28.0. The molecule has 0 radical (unpaired) electrons. The van der Waals surface area contributed by atoms with Crippen LogP contribution in [0, 0.1) is 0 Å². The van der Waals surface area contributed by atoms with E-state index < -0.39 is 11.6 Å². The number of rotatable bonds is 4. The molecule has 128 valence electrons. The molecule has 1 rings (SSSR count). The summed E-state index contributed by atoms with van der Waals surface area (Å²) in [6, 6.07) is -0.509. The second kappa shape index (κ2) is 7.81. The van der Waals surface area contributed by atoms with Gasteiger partial charge in [-0.1, -0.05) is 0 Å². The molecule has 1 fully saturated rings. The van der Waals surface area contributed by atoms with Crippen molar-refractivity contribution in [1.29, 1.82) is 0 Å². The van der Waals surface area contributed by atoms with Crippen molar-refractivity contribution in [3.05, 3.63) is 0 Å². The Hall–Kier alpha value is -1.30. The van der Waals surface area contributed by atoms with Gasteiger partial charge in [0.25, 0.3) is 0 Å². The lowest BCUT2D eigenvalue weighted by atomic mass is 10.0. The first-order valence-electron chi connectivity index (χ1n) is 8.19. The van der Waals surface area contributed by atoms with Crippen molar-refractivity contribution >= 4 is 12.0 Å². The normalized spacial score (nSPS) is 20.5. The lowest BCUT2D eigenvalue weighted by molar-refractivity contribution is -0.133. The predicted octanol–water partition coefficient (Wildman–Crippen LogP) is 1.97. The van der Waals surface area contributed by atoms with E-state index in [0.717, 1.165) is 19.3 Å². The molecule has 2 atom stereocenters. The maximum Gasteiger partial charge on any atom is 0.410 e. The minimum absolute atomic E-state index is 0.00579. The third-order valence-electron chi connectivity index (χ3n) is 3.77. The number of likely N-dealkylation sites (tertiary alicyclic amines) is 1. The fraction of sp³-hybridized carbons (Fsp3) is 0.875. The van der Waals surface area contributed by atoms with Crippen molar-refractivity contribution in [3.8, 4) is 0 Å². The van der Waals surface area contributed by atoms with Crippen LogP contribution in [0.15, 0.2) is 0 Å². The zero-order valence-electron chi connectivity index (χ0n) is 14.6. The maximum atomic E-state index is 12.4. The highest BCUT2D eigenvalue weighted by Crippen LogP contribution is 2.21. The predicted molar refractivity (Wildman–Crippen MR) is 86.5 cm³/mol. The second-order valence-corrected chi connectivity index (χ2v) is 6.99. The Balaban J connectivity index is 2.76. The number of ether oxygens (including phenoxy) is 1. The first kappa shape index (κ1) is 18.7. The molecule has 0 aromatic heterocycles. The number of carbonyl (C=O) groups is 2. The highest BCUT2D eigenvalue weighted by atomic mass is 16.6. The fourth-order valence-electron chi connectivity index (χ4n) is 2.67. The van der Waals surface area contributed by atoms with Gasteiger partial charge >= 0.3 is 6.09 Å². The third kappa shape index (κ3) is 5.48. The van der Waals surface area contributed by atoms with Gasteiger partial charge in [-0.25, -0.2) is 4.79 Å². The Bertz CT molecular complexity index is 391. The zero-order valence-corrected chi connectivity index (χ0v) is 14.6. The summed E-state index contributed by atoms with van der Waals surface area (Å²) in [5, 5.41) is 0. The molecule has 1 aliphatic rings. The van der Waals surface area contributed by atoms with Crippen molar-refractivity contribution in [2.24, 2.45) is 5.73 Å². The number of hydrogen-bond donors (Lipinski definition) is 1. The largest absolute Gasteiger partial charge is 0.444 e. The topological polar surface area (TPSA) is 75.9 Å². The molecule has 1 saturated heterocycles. The van der Waals surface area contributed by atoms with Crippen molar-refractivity contribution in [1.82, 2.24) is 9.80 Å². The van der Waals surface area contributed by atoms with Gasteiger partial charge in [-0.15, -0.1) is 0 Å². The van der Waals surface area contributed by atoms with Crippen LogP contribution in [0.2, 0.25) is 0 Å². The Labute approximate surface area is 134 Å². The van der Waals surface area contributed by atoms with Gasteiger partial charge in [0.1, 0.15) is 5.60 Å². The van der Waals surface area contributed by atoms with Crippen LogP contribution >= 0.6 is 0 Å². The molecule has 0 unspecified atom stereocenters. The van der Waals surface area contributed by atoms with Gasteiger partial charge in [0.15, 0.2) is 0 Å². The van der Waals surface area contributed by atoms with E-state index in [1.807, 2.05) is 27.7 Å². The molecule has 22 heavy (non-hydrogen) atoms. The summed E-state index contributed by atoms with van der Waals surface area (Å²) in [6.45, 7) is 11.0. The lowest BCUT2D eigenvalue weighted by Crippen LogP contribution is -2.53. The quantitative estimate of drug-likeness (QED) is 0.861. The average Bonchev–Trinajstić information content (AvgIpc) is 2.42. The van der Waals surface area contributed by atoms with E-state index in [4.69, 9.17) is 10.5 Å². The van der Waals surface area contributed by atoms with E-state index in [1.165, 1.54) is 0 Å². The highest BCUT2D eigenvalue weighted by molar-refractivity contribution is 5.81. The standard InChI is InChI=1S/C16H31N3O3/c1-6-18(14(20)12(2)17)11-13-9-7-8-10-19(13)15(21)22-16(3,4)5/h12-13H,6-11,17H2,1-5H3/t12-,13+/m0/s1. The van der Waals surface area contributed by atoms with Gasteiger partial charge in [0, 0.05) is 19.6 Å². The molecular formula is C16H31N3O3. The molecular weight excluding hydrogens is 282 g/mol. The molecule has 0 spiro atoms. The fourth-order valence-corrected chi connectivity index (χ4v) is 2.67. The third-order valence-corrected chi connectivity index (χ3v) is 3.77. The Morgan fingerprint density at radius 1 is 1.36 bits per heavy atom. The number of nitrogens with two attached hydrogens (primary N) is 1. The van der Waals surface area contributed by atoms with Crippen molar-refractivity contribution < 1.29 is 14.3 Å². The highest BCUT2D eigenvalue weighted by Gasteiger charge is 2.32. The van der Waals surface area contributed by atoms with Gasteiger partial charge in [0.2, 0.25) is 5.91 Å². The van der Waals surface area contributed by atoms with Crippen molar-refractivity contribution in [2.45, 2.75) is 71.6 Å². The summed E-state index contributed by atoms with van der Waals surface area (Å²) in [6.07, 6.45) is 2.64. The van der Waals surface area contributed by atoms with E-state index >= 15 is 0 Å². The molecule has 6 heteroatoms. The monoisotopic (exact) mass is 313 g/mol. The van der Waals surface area contributed by atoms with E-state index in [2.05, 4.69) is 0 Å². The number of piperidine rings is 1. The van der Waals surface area contributed by atoms with Crippen LogP contribution in [0.3, 0.4) is 0 Å². The molecule has 2 N–H and O–H groups in total. The molecule has 0 bridgehead atoms. The van der Waals surface area contributed by atoms with E-state index in [0.29, 0.717) is 19.6 Å². The van der Waals surface area contributed by atoms with Crippen LogP contribution in [-0.2, 0) is 9.53 Å².